The number of para-hydroxylation sites is 1. The van der Waals surface area contributed by atoms with Crippen LogP contribution in [0.25, 0.3) is 0 Å². The number of carbonyl (C=O) groups excluding carboxylic acids is 1. The van der Waals surface area contributed by atoms with Gasteiger partial charge < -0.3 is 15.7 Å². The molecule has 108 valence electrons. The van der Waals surface area contributed by atoms with Crippen molar-refractivity contribution in [3.63, 3.8) is 0 Å². The molecule has 0 fully saturated rings. The lowest BCUT2D eigenvalue weighted by Crippen LogP contribution is -2.37. The molecule has 3 N–H and O–H groups in total. The highest BCUT2D eigenvalue weighted by Gasteiger charge is 2.31. The first kappa shape index (κ1) is 13.6. The fourth-order valence-electron chi connectivity index (χ4n) is 2.71. The fourth-order valence-corrected chi connectivity index (χ4v) is 2.71. The minimum Gasteiger partial charge on any atom is -0.390 e. The minimum absolute atomic E-state index is 0.125. The van der Waals surface area contributed by atoms with Crippen molar-refractivity contribution in [1.29, 1.82) is 0 Å². The number of fused-ring (bicyclic) bond motifs is 1. The molecule has 1 aliphatic carbocycles. The van der Waals surface area contributed by atoms with Crippen molar-refractivity contribution in [2.24, 2.45) is 0 Å². The van der Waals surface area contributed by atoms with Gasteiger partial charge in [-0.25, -0.2) is 0 Å². The number of anilines is 1. The molecule has 0 spiro atoms. The first-order chi connectivity index (χ1) is 10.2. The second-order valence-electron chi connectivity index (χ2n) is 5.24. The molecule has 1 amide bonds. The lowest BCUT2D eigenvalue weighted by molar-refractivity contribution is -0.120. The minimum atomic E-state index is -0.553. The number of hydrogen-bond donors (Lipinski definition) is 3. The molecule has 2 aromatic carbocycles. The molecule has 0 unspecified atom stereocenters. The van der Waals surface area contributed by atoms with Crippen molar-refractivity contribution in [3.8, 4) is 0 Å². The Morgan fingerprint density at radius 3 is 2.62 bits per heavy atom. The average Bonchev–Trinajstić information content (AvgIpc) is 2.82. The summed E-state index contributed by atoms with van der Waals surface area (Å²) >= 11 is 0. The van der Waals surface area contributed by atoms with Gasteiger partial charge in [0, 0.05) is 12.1 Å². The quantitative estimate of drug-likeness (QED) is 0.802. The van der Waals surface area contributed by atoms with Gasteiger partial charge >= 0.3 is 0 Å². The Hall–Kier alpha value is -2.33. The van der Waals surface area contributed by atoms with E-state index < -0.39 is 6.10 Å². The van der Waals surface area contributed by atoms with E-state index in [1.807, 2.05) is 54.6 Å². The molecule has 0 radical (unpaired) electrons. The van der Waals surface area contributed by atoms with E-state index in [0.29, 0.717) is 6.42 Å². The predicted octanol–water partition coefficient (Wildman–Crippen LogP) is 1.87. The molecular weight excluding hydrogens is 264 g/mol. The molecule has 0 saturated carbocycles. The first-order valence-electron chi connectivity index (χ1n) is 7.08. The van der Waals surface area contributed by atoms with Crippen LogP contribution in [0.3, 0.4) is 0 Å². The van der Waals surface area contributed by atoms with Gasteiger partial charge in [-0.2, -0.15) is 0 Å². The second-order valence-corrected chi connectivity index (χ2v) is 5.24. The summed E-state index contributed by atoms with van der Waals surface area (Å²) in [5.41, 5.74) is 3.02. The van der Waals surface area contributed by atoms with Crippen LogP contribution in [0.4, 0.5) is 5.69 Å². The van der Waals surface area contributed by atoms with Crippen LogP contribution in [0.5, 0.6) is 0 Å². The third-order valence-corrected chi connectivity index (χ3v) is 3.75. The SMILES string of the molecule is O=C(CNc1ccccc1)N[C@H]1c2ccccc2C[C@H]1O. The first-order valence-corrected chi connectivity index (χ1v) is 7.08. The molecule has 21 heavy (non-hydrogen) atoms. The van der Waals surface area contributed by atoms with Gasteiger partial charge in [-0.3, -0.25) is 4.79 Å². The molecule has 4 nitrogen and oxygen atoms in total. The van der Waals surface area contributed by atoms with E-state index in [4.69, 9.17) is 0 Å². The Morgan fingerprint density at radius 2 is 1.81 bits per heavy atom. The van der Waals surface area contributed by atoms with Gasteiger partial charge in [0.25, 0.3) is 0 Å². The summed E-state index contributed by atoms with van der Waals surface area (Å²) in [4.78, 5) is 12.0. The standard InChI is InChI=1S/C17H18N2O2/c20-15-10-12-6-4-5-9-14(12)17(15)19-16(21)11-18-13-7-2-1-3-8-13/h1-9,15,17-18,20H,10-11H2,(H,19,21)/t15-,17+/m1/s1. The second kappa shape index (κ2) is 5.97. The van der Waals surface area contributed by atoms with Gasteiger partial charge in [-0.1, -0.05) is 42.5 Å². The smallest absolute Gasteiger partial charge is 0.239 e. The van der Waals surface area contributed by atoms with Gasteiger partial charge in [0.05, 0.1) is 18.7 Å². The van der Waals surface area contributed by atoms with Crippen molar-refractivity contribution in [3.05, 3.63) is 65.7 Å². The Bertz CT molecular complexity index is 628. The number of carbonyl (C=O) groups is 1. The van der Waals surface area contributed by atoms with Gasteiger partial charge in [-0.15, -0.1) is 0 Å². The van der Waals surface area contributed by atoms with Crippen molar-refractivity contribution in [2.45, 2.75) is 18.6 Å². The van der Waals surface area contributed by atoms with E-state index in [-0.39, 0.29) is 18.5 Å². The monoisotopic (exact) mass is 282 g/mol. The molecule has 2 atom stereocenters. The number of nitrogens with one attached hydrogen (secondary N) is 2. The average molecular weight is 282 g/mol. The molecule has 0 heterocycles. The number of benzene rings is 2. The van der Waals surface area contributed by atoms with Gasteiger partial charge in [0.15, 0.2) is 0 Å². The van der Waals surface area contributed by atoms with Crippen LogP contribution in [-0.4, -0.2) is 23.7 Å². The van der Waals surface area contributed by atoms with Crippen LogP contribution < -0.4 is 10.6 Å². The van der Waals surface area contributed by atoms with E-state index >= 15 is 0 Å². The third-order valence-electron chi connectivity index (χ3n) is 3.75. The lowest BCUT2D eigenvalue weighted by Gasteiger charge is -2.18. The fraction of sp³-hybridized carbons (Fsp3) is 0.235. The lowest BCUT2D eigenvalue weighted by atomic mass is 10.1. The maximum absolute atomic E-state index is 12.0. The number of aliphatic hydroxyl groups excluding tert-OH is 1. The maximum atomic E-state index is 12.0. The van der Waals surface area contributed by atoms with Crippen LogP contribution in [0.15, 0.2) is 54.6 Å². The summed E-state index contributed by atoms with van der Waals surface area (Å²) in [6, 6.07) is 17.1. The van der Waals surface area contributed by atoms with E-state index in [0.717, 1.165) is 16.8 Å². The number of amides is 1. The topological polar surface area (TPSA) is 61.4 Å². The molecule has 0 aliphatic heterocycles. The molecule has 0 saturated heterocycles. The maximum Gasteiger partial charge on any atom is 0.239 e. The van der Waals surface area contributed by atoms with Gasteiger partial charge in [-0.05, 0) is 23.3 Å². The summed E-state index contributed by atoms with van der Waals surface area (Å²) in [6.45, 7) is 0.190. The van der Waals surface area contributed by atoms with Crippen LogP contribution in [0.1, 0.15) is 17.2 Å². The Labute approximate surface area is 123 Å². The van der Waals surface area contributed by atoms with Gasteiger partial charge in [0.1, 0.15) is 0 Å². The van der Waals surface area contributed by atoms with Crippen LogP contribution in [0, 0.1) is 0 Å². The molecule has 4 heteroatoms. The largest absolute Gasteiger partial charge is 0.390 e. The highest BCUT2D eigenvalue weighted by atomic mass is 16.3. The Balaban J connectivity index is 1.60. The molecule has 3 rings (SSSR count). The van der Waals surface area contributed by atoms with Crippen molar-refractivity contribution >= 4 is 11.6 Å². The van der Waals surface area contributed by atoms with E-state index in [1.54, 1.807) is 0 Å². The zero-order valence-electron chi connectivity index (χ0n) is 11.6. The summed E-state index contributed by atoms with van der Waals surface area (Å²) in [7, 11) is 0. The predicted molar refractivity (Wildman–Crippen MR) is 82.0 cm³/mol. The van der Waals surface area contributed by atoms with Crippen LogP contribution >= 0.6 is 0 Å². The number of aliphatic hydroxyl groups is 1. The molecule has 2 aromatic rings. The highest BCUT2D eigenvalue weighted by Crippen LogP contribution is 2.31. The highest BCUT2D eigenvalue weighted by molar-refractivity contribution is 5.81. The number of rotatable bonds is 4. The molecule has 0 bridgehead atoms. The Morgan fingerprint density at radius 1 is 1.10 bits per heavy atom. The van der Waals surface area contributed by atoms with Gasteiger partial charge in [0.2, 0.25) is 5.91 Å². The van der Waals surface area contributed by atoms with Crippen molar-refractivity contribution < 1.29 is 9.90 Å². The van der Waals surface area contributed by atoms with E-state index in [2.05, 4.69) is 10.6 Å². The zero-order chi connectivity index (χ0) is 14.7. The van der Waals surface area contributed by atoms with Crippen molar-refractivity contribution in [1.82, 2.24) is 5.32 Å². The summed E-state index contributed by atoms with van der Waals surface area (Å²) in [6.07, 6.45) is 0.0378. The van der Waals surface area contributed by atoms with Crippen LogP contribution in [0.2, 0.25) is 0 Å². The third kappa shape index (κ3) is 3.06. The molecule has 1 aliphatic rings. The molecule has 0 aromatic heterocycles. The summed E-state index contributed by atoms with van der Waals surface area (Å²) < 4.78 is 0. The molecular formula is C17H18N2O2. The normalized spacial score (nSPS) is 19.9. The number of hydrogen-bond acceptors (Lipinski definition) is 3. The van der Waals surface area contributed by atoms with Crippen LogP contribution in [-0.2, 0) is 11.2 Å². The van der Waals surface area contributed by atoms with E-state index in [1.165, 1.54) is 0 Å². The zero-order valence-corrected chi connectivity index (χ0v) is 11.6. The summed E-state index contributed by atoms with van der Waals surface area (Å²) in [5.74, 6) is -0.125. The van der Waals surface area contributed by atoms with E-state index in [9.17, 15) is 9.90 Å². The van der Waals surface area contributed by atoms with Crippen molar-refractivity contribution in [2.75, 3.05) is 11.9 Å². The summed E-state index contributed by atoms with van der Waals surface area (Å²) in [5, 5.41) is 16.1. The Kier molecular flexibility index (Phi) is 3.88.